The molecule has 3 nitrogen and oxygen atoms in total. The lowest BCUT2D eigenvalue weighted by Gasteiger charge is -2.25. The minimum atomic E-state index is -0.385. The van der Waals surface area contributed by atoms with Crippen LogP contribution in [-0.2, 0) is 4.74 Å². The van der Waals surface area contributed by atoms with E-state index in [9.17, 15) is 5.11 Å². The molecule has 1 aliphatic rings. The topological polar surface area (TPSA) is 41.5 Å². The van der Waals surface area contributed by atoms with Gasteiger partial charge in [0.2, 0.25) is 0 Å². The Morgan fingerprint density at radius 3 is 2.95 bits per heavy atom. The molecule has 19 heavy (non-hydrogen) atoms. The van der Waals surface area contributed by atoms with Gasteiger partial charge in [0.25, 0.3) is 0 Å². The maximum absolute atomic E-state index is 9.79. The number of rotatable bonds is 10. The Morgan fingerprint density at radius 1 is 1.42 bits per heavy atom. The number of nitrogens with one attached hydrogen (secondary N) is 1. The van der Waals surface area contributed by atoms with Gasteiger partial charge in [-0.1, -0.05) is 19.1 Å². The van der Waals surface area contributed by atoms with Gasteiger partial charge in [0, 0.05) is 6.54 Å². The zero-order chi connectivity index (χ0) is 13.9. The van der Waals surface area contributed by atoms with E-state index in [0.717, 1.165) is 32.4 Å². The highest BCUT2D eigenvalue weighted by Crippen LogP contribution is 2.24. The van der Waals surface area contributed by atoms with Gasteiger partial charge in [0.1, 0.15) is 0 Å². The summed E-state index contributed by atoms with van der Waals surface area (Å²) < 4.78 is 5.66. The summed E-state index contributed by atoms with van der Waals surface area (Å²) in [6, 6.07) is 0. The molecule has 1 aliphatic carbocycles. The summed E-state index contributed by atoms with van der Waals surface area (Å²) >= 11 is 1.86. The van der Waals surface area contributed by atoms with Crippen molar-refractivity contribution in [2.75, 3.05) is 38.3 Å². The van der Waals surface area contributed by atoms with Crippen molar-refractivity contribution in [3.8, 4) is 0 Å². The van der Waals surface area contributed by atoms with Crippen molar-refractivity contribution in [1.29, 1.82) is 0 Å². The Labute approximate surface area is 122 Å². The summed E-state index contributed by atoms with van der Waals surface area (Å²) in [4.78, 5) is 0. The van der Waals surface area contributed by atoms with Crippen molar-refractivity contribution in [2.45, 2.75) is 32.3 Å². The Morgan fingerprint density at radius 2 is 2.21 bits per heavy atom. The second-order valence-corrected chi connectivity index (χ2v) is 6.41. The third-order valence-electron chi connectivity index (χ3n) is 3.64. The van der Waals surface area contributed by atoms with E-state index >= 15 is 0 Å². The molecule has 0 amide bonds. The molecule has 0 saturated carbocycles. The van der Waals surface area contributed by atoms with Gasteiger partial charge in [-0.05, 0) is 49.7 Å². The quantitative estimate of drug-likeness (QED) is 0.478. The second-order valence-electron chi connectivity index (χ2n) is 5.42. The van der Waals surface area contributed by atoms with Crippen LogP contribution in [-0.4, -0.2) is 49.5 Å². The van der Waals surface area contributed by atoms with Crippen LogP contribution in [0, 0.1) is 11.8 Å². The molecule has 2 N–H and O–H groups in total. The maximum Gasteiger partial charge on any atom is 0.0897 e. The molecule has 3 atom stereocenters. The largest absolute Gasteiger partial charge is 0.389 e. The van der Waals surface area contributed by atoms with E-state index in [1.807, 2.05) is 11.8 Å². The third kappa shape index (κ3) is 7.98. The van der Waals surface area contributed by atoms with Crippen LogP contribution in [0.4, 0.5) is 0 Å². The summed E-state index contributed by atoms with van der Waals surface area (Å²) in [7, 11) is 0. The molecule has 0 fully saturated rings. The first-order valence-corrected chi connectivity index (χ1v) is 8.74. The maximum atomic E-state index is 9.79. The van der Waals surface area contributed by atoms with E-state index in [0.29, 0.717) is 25.0 Å². The smallest absolute Gasteiger partial charge is 0.0897 e. The summed E-state index contributed by atoms with van der Waals surface area (Å²) in [6.45, 7) is 5.11. The monoisotopic (exact) mass is 287 g/mol. The van der Waals surface area contributed by atoms with Crippen LogP contribution in [0.1, 0.15) is 26.2 Å². The number of ether oxygens (including phenoxy) is 1. The van der Waals surface area contributed by atoms with Gasteiger partial charge in [0.15, 0.2) is 0 Å². The first kappa shape index (κ1) is 17.0. The van der Waals surface area contributed by atoms with Crippen LogP contribution in [0.25, 0.3) is 0 Å². The zero-order valence-electron chi connectivity index (χ0n) is 12.3. The van der Waals surface area contributed by atoms with Gasteiger partial charge in [-0.15, -0.1) is 0 Å². The molecule has 0 radical (unpaired) electrons. The van der Waals surface area contributed by atoms with Crippen LogP contribution in [0.2, 0.25) is 0 Å². The molecular weight excluding hydrogens is 258 g/mol. The molecule has 0 aromatic heterocycles. The standard InChI is InChI=1S/C15H29NO2S/c1-13-6-3-4-7-14(13)11-18-12-15(17)10-16-8-5-9-19-2/h3-4,13-17H,5-12H2,1-2H3. The normalized spacial score (nSPS) is 24.6. The third-order valence-corrected chi connectivity index (χ3v) is 4.34. The van der Waals surface area contributed by atoms with Gasteiger partial charge >= 0.3 is 0 Å². The predicted octanol–water partition coefficient (Wildman–Crippen LogP) is 2.31. The predicted molar refractivity (Wildman–Crippen MR) is 83.7 cm³/mol. The fourth-order valence-corrected chi connectivity index (χ4v) is 2.70. The lowest BCUT2D eigenvalue weighted by molar-refractivity contribution is 0.0129. The average molecular weight is 287 g/mol. The zero-order valence-corrected chi connectivity index (χ0v) is 13.1. The first-order chi connectivity index (χ1) is 9.24. The molecule has 1 rings (SSSR count). The van der Waals surface area contributed by atoms with Crippen LogP contribution in [0.15, 0.2) is 12.2 Å². The van der Waals surface area contributed by atoms with Crippen molar-refractivity contribution in [3.63, 3.8) is 0 Å². The lowest BCUT2D eigenvalue weighted by atomic mass is 9.85. The van der Waals surface area contributed by atoms with Crippen LogP contribution in [0.5, 0.6) is 0 Å². The van der Waals surface area contributed by atoms with Gasteiger partial charge in [0.05, 0.1) is 19.3 Å². The van der Waals surface area contributed by atoms with Gasteiger partial charge in [-0.25, -0.2) is 0 Å². The van der Waals surface area contributed by atoms with Crippen molar-refractivity contribution in [3.05, 3.63) is 12.2 Å². The number of aliphatic hydroxyl groups excluding tert-OH is 1. The molecule has 0 saturated heterocycles. The van der Waals surface area contributed by atoms with Crippen LogP contribution in [0.3, 0.4) is 0 Å². The minimum absolute atomic E-state index is 0.385. The molecule has 0 heterocycles. The van der Waals surface area contributed by atoms with E-state index < -0.39 is 0 Å². The molecule has 0 aromatic carbocycles. The number of thioether (sulfide) groups is 1. The van der Waals surface area contributed by atoms with Gasteiger partial charge < -0.3 is 15.2 Å². The number of aliphatic hydroxyl groups is 1. The fraction of sp³-hybridized carbons (Fsp3) is 0.867. The SMILES string of the molecule is CSCCCNCC(O)COCC1CC=CCC1C. The van der Waals surface area contributed by atoms with E-state index in [4.69, 9.17) is 4.74 Å². The number of allylic oxidation sites excluding steroid dienone is 2. The van der Waals surface area contributed by atoms with E-state index in [1.165, 1.54) is 5.75 Å². The fourth-order valence-electron chi connectivity index (χ4n) is 2.26. The molecule has 0 spiro atoms. The van der Waals surface area contributed by atoms with Crippen molar-refractivity contribution in [1.82, 2.24) is 5.32 Å². The molecule has 0 aliphatic heterocycles. The lowest BCUT2D eigenvalue weighted by Crippen LogP contribution is -2.32. The van der Waals surface area contributed by atoms with E-state index in [-0.39, 0.29) is 6.10 Å². The summed E-state index contributed by atoms with van der Waals surface area (Å²) in [5.74, 6) is 2.49. The highest BCUT2D eigenvalue weighted by atomic mass is 32.2. The average Bonchev–Trinajstić information content (AvgIpc) is 2.41. The molecular formula is C15H29NO2S. The Hall–Kier alpha value is -0.0300. The van der Waals surface area contributed by atoms with Crippen molar-refractivity contribution >= 4 is 11.8 Å². The van der Waals surface area contributed by atoms with Crippen molar-refractivity contribution < 1.29 is 9.84 Å². The molecule has 0 bridgehead atoms. The second kappa shape index (κ2) is 10.7. The summed E-state index contributed by atoms with van der Waals surface area (Å²) in [6.07, 6.45) is 9.66. The Balaban J connectivity index is 1.97. The summed E-state index contributed by atoms with van der Waals surface area (Å²) in [5.41, 5.74) is 0. The Kier molecular flexibility index (Phi) is 9.61. The van der Waals surface area contributed by atoms with Crippen LogP contribution < -0.4 is 5.32 Å². The number of hydrogen-bond acceptors (Lipinski definition) is 4. The molecule has 112 valence electrons. The van der Waals surface area contributed by atoms with Gasteiger partial charge in [-0.3, -0.25) is 0 Å². The first-order valence-electron chi connectivity index (χ1n) is 7.34. The molecule has 0 aromatic rings. The molecule has 3 unspecified atom stereocenters. The Bertz CT molecular complexity index is 248. The highest BCUT2D eigenvalue weighted by Gasteiger charge is 2.18. The highest BCUT2D eigenvalue weighted by molar-refractivity contribution is 7.98. The van der Waals surface area contributed by atoms with Gasteiger partial charge in [-0.2, -0.15) is 11.8 Å². The summed E-state index contributed by atoms with van der Waals surface area (Å²) in [5, 5.41) is 13.1. The van der Waals surface area contributed by atoms with E-state index in [2.05, 4.69) is 30.6 Å². The van der Waals surface area contributed by atoms with Crippen molar-refractivity contribution in [2.24, 2.45) is 11.8 Å². The minimum Gasteiger partial charge on any atom is -0.389 e. The van der Waals surface area contributed by atoms with Crippen LogP contribution >= 0.6 is 11.8 Å². The van der Waals surface area contributed by atoms with E-state index in [1.54, 1.807) is 0 Å². The number of hydrogen-bond donors (Lipinski definition) is 2. The molecule has 4 heteroatoms.